The number of hydrogen-bond acceptors (Lipinski definition) is 4. The van der Waals surface area contributed by atoms with Gasteiger partial charge in [0.05, 0.1) is 23.3 Å². The van der Waals surface area contributed by atoms with Crippen molar-refractivity contribution < 1.29 is 31.1 Å². The van der Waals surface area contributed by atoms with E-state index in [0.29, 0.717) is 5.69 Å². The summed E-state index contributed by atoms with van der Waals surface area (Å²) in [6, 6.07) is 11.2. The van der Waals surface area contributed by atoms with Gasteiger partial charge in [-0.15, -0.1) is 0 Å². The van der Waals surface area contributed by atoms with Gasteiger partial charge in [0.15, 0.2) is 5.43 Å². The fourth-order valence-corrected chi connectivity index (χ4v) is 3.78. The van der Waals surface area contributed by atoms with Gasteiger partial charge >= 0.3 is 12.4 Å². The van der Waals surface area contributed by atoms with Crippen molar-refractivity contribution in [2.24, 2.45) is 0 Å². The molecule has 4 rings (SSSR count). The Kier molecular flexibility index (Phi) is 6.42. The van der Waals surface area contributed by atoms with E-state index in [1.165, 1.54) is 34.9 Å². The summed E-state index contributed by atoms with van der Waals surface area (Å²) in [4.78, 5) is 17.3. The molecule has 0 amide bonds. The highest BCUT2D eigenvalue weighted by atomic mass is 19.4. The summed E-state index contributed by atoms with van der Waals surface area (Å²) in [7, 11) is 0. The molecule has 0 bridgehead atoms. The molecule has 5 nitrogen and oxygen atoms in total. The Bertz CT molecular complexity index is 1490. The number of rotatable bonds is 5. The number of hydrogen-bond donors (Lipinski definition) is 1. The first-order chi connectivity index (χ1) is 16.9. The second-order valence-electron chi connectivity index (χ2n) is 7.88. The van der Waals surface area contributed by atoms with Gasteiger partial charge < -0.3 is 10.1 Å². The van der Waals surface area contributed by atoms with Gasteiger partial charge in [-0.05, 0) is 56.3 Å². The van der Waals surface area contributed by atoms with E-state index in [2.05, 4.69) is 10.3 Å². The van der Waals surface area contributed by atoms with Crippen LogP contribution in [0.25, 0.3) is 16.6 Å². The summed E-state index contributed by atoms with van der Waals surface area (Å²) in [6.45, 7) is 3.49. The van der Waals surface area contributed by atoms with Crippen LogP contribution in [-0.4, -0.2) is 16.2 Å². The topological polar surface area (TPSA) is 56.1 Å². The zero-order valence-electron chi connectivity index (χ0n) is 19.0. The Balaban J connectivity index is 2.03. The Labute approximate surface area is 201 Å². The van der Waals surface area contributed by atoms with Crippen LogP contribution in [0.1, 0.15) is 23.7 Å². The maximum Gasteiger partial charge on any atom is 0.416 e. The van der Waals surface area contributed by atoms with Crippen LogP contribution in [0.15, 0.2) is 65.5 Å². The molecule has 1 N–H and O–H groups in total. The van der Waals surface area contributed by atoms with E-state index in [1.54, 1.807) is 13.8 Å². The second kappa shape index (κ2) is 9.21. The van der Waals surface area contributed by atoms with E-state index in [0.717, 1.165) is 30.3 Å². The Morgan fingerprint density at radius 1 is 0.917 bits per heavy atom. The van der Waals surface area contributed by atoms with Crippen molar-refractivity contribution in [1.29, 1.82) is 0 Å². The van der Waals surface area contributed by atoms with Crippen molar-refractivity contribution in [3.05, 3.63) is 87.7 Å². The van der Waals surface area contributed by atoms with Gasteiger partial charge in [0.25, 0.3) is 0 Å². The van der Waals surface area contributed by atoms with E-state index in [4.69, 9.17) is 4.74 Å². The largest absolute Gasteiger partial charge is 0.477 e. The molecule has 0 saturated heterocycles. The van der Waals surface area contributed by atoms with Gasteiger partial charge in [0.2, 0.25) is 5.88 Å². The Morgan fingerprint density at radius 3 is 2.19 bits per heavy atom. The maximum absolute atomic E-state index is 13.5. The molecule has 0 aliphatic heterocycles. The molecule has 11 heteroatoms. The third kappa shape index (κ3) is 5.00. The number of aromatic nitrogens is 2. The predicted molar refractivity (Wildman–Crippen MR) is 123 cm³/mol. The number of nitrogens with one attached hydrogen (secondary N) is 1. The van der Waals surface area contributed by atoms with E-state index < -0.39 is 28.9 Å². The lowest BCUT2D eigenvalue weighted by atomic mass is 10.1. The molecule has 0 radical (unpaired) electrons. The average Bonchev–Trinajstić information content (AvgIpc) is 2.78. The van der Waals surface area contributed by atoms with Crippen molar-refractivity contribution in [3.8, 4) is 11.6 Å². The molecule has 0 spiro atoms. The molecular formula is C25H19F6N3O2. The van der Waals surface area contributed by atoms with Crippen LogP contribution in [0.5, 0.6) is 5.88 Å². The van der Waals surface area contributed by atoms with Crippen molar-refractivity contribution in [2.45, 2.75) is 26.2 Å². The van der Waals surface area contributed by atoms with Gasteiger partial charge in [0.1, 0.15) is 11.2 Å². The molecule has 36 heavy (non-hydrogen) atoms. The van der Waals surface area contributed by atoms with Crippen molar-refractivity contribution >= 4 is 22.4 Å². The predicted octanol–water partition coefficient (Wildman–Crippen LogP) is 6.87. The normalized spacial score (nSPS) is 12.1. The van der Waals surface area contributed by atoms with E-state index >= 15 is 0 Å². The first-order valence-corrected chi connectivity index (χ1v) is 10.7. The van der Waals surface area contributed by atoms with Gasteiger partial charge in [-0.1, -0.05) is 12.1 Å². The van der Waals surface area contributed by atoms with Crippen LogP contribution in [0, 0.1) is 6.92 Å². The molecule has 0 unspecified atom stereocenters. The SMILES string of the molecule is CCOc1nc(C)cc2c1c(=O)cc(Nc1cccc(C(F)(F)F)c1)n2-c1cccc(C(F)(F)F)c1. The molecule has 0 aliphatic rings. The minimum absolute atomic E-state index is 0.00356. The Hall–Kier alpha value is -4.02. The lowest BCUT2D eigenvalue weighted by Crippen LogP contribution is -2.15. The third-order valence-corrected chi connectivity index (χ3v) is 5.26. The smallest absolute Gasteiger partial charge is 0.416 e. The quantitative estimate of drug-likeness (QED) is 0.300. The van der Waals surface area contributed by atoms with Crippen LogP contribution < -0.4 is 15.5 Å². The lowest BCUT2D eigenvalue weighted by molar-refractivity contribution is -0.138. The van der Waals surface area contributed by atoms with Gasteiger partial charge in [-0.3, -0.25) is 9.36 Å². The molecular weight excluding hydrogens is 488 g/mol. The van der Waals surface area contributed by atoms with Crippen LogP contribution in [0.3, 0.4) is 0 Å². The highest BCUT2D eigenvalue weighted by Crippen LogP contribution is 2.35. The molecule has 2 aromatic heterocycles. The number of anilines is 2. The molecule has 0 fully saturated rings. The number of halogens is 6. The summed E-state index contributed by atoms with van der Waals surface area (Å²) in [5.74, 6) is -0.0388. The highest BCUT2D eigenvalue weighted by molar-refractivity contribution is 5.88. The van der Waals surface area contributed by atoms with E-state index in [9.17, 15) is 31.1 Å². The summed E-state index contributed by atoms with van der Waals surface area (Å²) >= 11 is 0. The maximum atomic E-state index is 13.5. The average molecular weight is 507 g/mol. The Morgan fingerprint density at radius 2 is 1.56 bits per heavy atom. The molecule has 0 aliphatic carbocycles. The first-order valence-electron chi connectivity index (χ1n) is 10.7. The zero-order chi connectivity index (χ0) is 26.3. The number of aryl methyl sites for hydroxylation is 1. The van der Waals surface area contributed by atoms with Crippen LogP contribution in [0.2, 0.25) is 0 Å². The van der Waals surface area contributed by atoms with E-state index in [-0.39, 0.29) is 40.6 Å². The number of nitrogens with zero attached hydrogens (tertiary/aromatic N) is 2. The molecule has 188 valence electrons. The lowest BCUT2D eigenvalue weighted by Gasteiger charge is -2.21. The summed E-state index contributed by atoms with van der Waals surface area (Å²) in [5.41, 5.74) is -1.83. The number of benzene rings is 2. The van der Waals surface area contributed by atoms with E-state index in [1.807, 2.05) is 0 Å². The number of fused-ring (bicyclic) bond motifs is 1. The molecule has 4 aromatic rings. The fourth-order valence-electron chi connectivity index (χ4n) is 3.78. The zero-order valence-corrected chi connectivity index (χ0v) is 19.0. The third-order valence-electron chi connectivity index (χ3n) is 5.26. The summed E-state index contributed by atoms with van der Waals surface area (Å²) in [6.07, 6.45) is -9.26. The molecule has 2 aromatic carbocycles. The number of ether oxygens (including phenoxy) is 1. The minimum Gasteiger partial charge on any atom is -0.477 e. The number of pyridine rings is 2. The summed E-state index contributed by atoms with van der Waals surface area (Å²) in [5, 5.41) is 2.79. The fraction of sp³-hybridized carbons (Fsp3) is 0.200. The molecule has 0 saturated carbocycles. The molecule has 0 atom stereocenters. The standard InChI is InChI=1S/C25H19F6N3O2/c1-3-36-23-22-19(10-14(2)32-23)34(18-9-5-7-16(12-18)25(29,30)31)21(13-20(22)35)33-17-8-4-6-15(11-17)24(26,27)28/h4-13,33H,3H2,1-2H3. The molecule has 2 heterocycles. The van der Waals surface area contributed by atoms with Crippen molar-refractivity contribution in [1.82, 2.24) is 9.55 Å². The highest BCUT2D eigenvalue weighted by Gasteiger charge is 2.32. The van der Waals surface area contributed by atoms with Gasteiger partial charge in [-0.25, -0.2) is 4.98 Å². The van der Waals surface area contributed by atoms with Crippen LogP contribution in [-0.2, 0) is 12.4 Å². The summed E-state index contributed by atoms with van der Waals surface area (Å²) < 4.78 is 87.0. The van der Waals surface area contributed by atoms with Gasteiger partial charge in [0, 0.05) is 23.1 Å². The van der Waals surface area contributed by atoms with Crippen LogP contribution >= 0.6 is 0 Å². The van der Waals surface area contributed by atoms with Crippen LogP contribution in [0.4, 0.5) is 37.8 Å². The minimum atomic E-state index is -4.65. The number of alkyl halides is 6. The van der Waals surface area contributed by atoms with Crippen molar-refractivity contribution in [2.75, 3.05) is 11.9 Å². The second-order valence-corrected chi connectivity index (χ2v) is 7.88. The first kappa shape index (κ1) is 25.1. The van der Waals surface area contributed by atoms with Gasteiger partial charge in [-0.2, -0.15) is 26.3 Å². The van der Waals surface area contributed by atoms with Crippen molar-refractivity contribution in [3.63, 3.8) is 0 Å². The monoisotopic (exact) mass is 507 g/mol.